The molecule has 0 spiro atoms. The maximum atomic E-state index is 13.8. The molecule has 1 aromatic heterocycles. The van der Waals surface area contributed by atoms with Crippen LogP contribution in [0, 0.1) is 5.82 Å². The summed E-state index contributed by atoms with van der Waals surface area (Å²) < 4.78 is 15.7. The summed E-state index contributed by atoms with van der Waals surface area (Å²) >= 11 is 12.0. The first-order valence-electron chi connectivity index (χ1n) is 5.82. The third kappa shape index (κ3) is 2.34. The number of halogens is 3. The van der Waals surface area contributed by atoms with Crippen LogP contribution in [-0.4, -0.2) is 4.57 Å². The van der Waals surface area contributed by atoms with Crippen LogP contribution in [0.15, 0.2) is 48.7 Å². The number of hydrogen-bond donors (Lipinski definition) is 0. The van der Waals surface area contributed by atoms with Crippen LogP contribution in [0.5, 0.6) is 0 Å². The average molecular weight is 294 g/mol. The first-order valence-corrected chi connectivity index (χ1v) is 6.58. The maximum Gasteiger partial charge on any atom is 0.129 e. The number of benzene rings is 2. The number of para-hydroxylation sites is 1. The third-order valence-corrected chi connectivity index (χ3v) is 3.64. The van der Waals surface area contributed by atoms with Crippen LogP contribution in [0.3, 0.4) is 0 Å². The van der Waals surface area contributed by atoms with Crippen molar-refractivity contribution < 1.29 is 4.39 Å². The minimum atomic E-state index is -0.304. The molecule has 19 heavy (non-hydrogen) atoms. The summed E-state index contributed by atoms with van der Waals surface area (Å²) in [5.41, 5.74) is 1.50. The standard InChI is InChI=1S/C15H10Cl2FN/c16-12-5-4-11(14(18)8-12)9-19-7-6-10-2-1-3-13(17)15(10)19/h1-8H,9H2. The largest absolute Gasteiger partial charge is 0.342 e. The highest BCUT2D eigenvalue weighted by molar-refractivity contribution is 6.35. The Morgan fingerprint density at radius 2 is 1.89 bits per heavy atom. The fraction of sp³-hybridized carbons (Fsp3) is 0.0667. The lowest BCUT2D eigenvalue weighted by Gasteiger charge is -2.08. The lowest BCUT2D eigenvalue weighted by Crippen LogP contribution is -2.00. The Morgan fingerprint density at radius 3 is 2.68 bits per heavy atom. The van der Waals surface area contributed by atoms with E-state index in [1.54, 1.807) is 12.1 Å². The molecule has 3 rings (SSSR count). The zero-order chi connectivity index (χ0) is 13.4. The molecule has 0 N–H and O–H groups in total. The van der Waals surface area contributed by atoms with Gasteiger partial charge < -0.3 is 4.57 Å². The molecule has 0 aliphatic heterocycles. The molecule has 4 heteroatoms. The van der Waals surface area contributed by atoms with Crippen molar-refractivity contribution in [3.8, 4) is 0 Å². The van der Waals surface area contributed by atoms with Crippen LogP contribution >= 0.6 is 23.2 Å². The van der Waals surface area contributed by atoms with E-state index in [0.29, 0.717) is 22.2 Å². The SMILES string of the molecule is Fc1cc(Cl)ccc1Cn1ccc2cccc(Cl)c21. The van der Waals surface area contributed by atoms with Crippen molar-refractivity contribution in [2.75, 3.05) is 0 Å². The second-order valence-electron chi connectivity index (χ2n) is 4.36. The monoisotopic (exact) mass is 293 g/mol. The predicted octanol–water partition coefficient (Wildman–Crippen LogP) is 5.14. The highest BCUT2D eigenvalue weighted by atomic mass is 35.5. The van der Waals surface area contributed by atoms with E-state index >= 15 is 0 Å². The highest BCUT2D eigenvalue weighted by Gasteiger charge is 2.08. The molecule has 0 saturated heterocycles. The molecule has 0 fully saturated rings. The summed E-state index contributed by atoms with van der Waals surface area (Å²) in [4.78, 5) is 0. The number of rotatable bonds is 2. The van der Waals surface area contributed by atoms with Gasteiger partial charge in [-0.3, -0.25) is 0 Å². The summed E-state index contributed by atoms with van der Waals surface area (Å²) in [6.45, 7) is 0.427. The van der Waals surface area contributed by atoms with Gasteiger partial charge in [-0.2, -0.15) is 0 Å². The van der Waals surface area contributed by atoms with Crippen LogP contribution in [0.2, 0.25) is 10.0 Å². The Bertz CT molecular complexity index is 749. The smallest absolute Gasteiger partial charge is 0.129 e. The highest BCUT2D eigenvalue weighted by Crippen LogP contribution is 2.26. The first-order chi connectivity index (χ1) is 9.15. The molecule has 0 atom stereocenters. The first kappa shape index (κ1) is 12.5. The molecular formula is C15H10Cl2FN. The van der Waals surface area contributed by atoms with Crippen molar-refractivity contribution in [3.63, 3.8) is 0 Å². The van der Waals surface area contributed by atoms with Crippen molar-refractivity contribution in [3.05, 3.63) is 70.1 Å². The molecule has 0 aliphatic rings. The molecule has 96 valence electrons. The molecule has 0 unspecified atom stereocenters. The minimum Gasteiger partial charge on any atom is -0.342 e. The van der Waals surface area contributed by atoms with Gasteiger partial charge in [0.15, 0.2) is 0 Å². The Balaban J connectivity index is 2.06. The van der Waals surface area contributed by atoms with Gasteiger partial charge in [0.05, 0.1) is 17.1 Å². The van der Waals surface area contributed by atoms with Crippen molar-refractivity contribution in [2.24, 2.45) is 0 Å². The summed E-state index contributed by atoms with van der Waals surface area (Å²) in [5, 5.41) is 2.11. The van der Waals surface area contributed by atoms with Gasteiger partial charge in [0.1, 0.15) is 5.82 Å². The molecule has 0 aliphatic carbocycles. The lowest BCUT2D eigenvalue weighted by atomic mass is 10.2. The Labute approximate surface area is 120 Å². The van der Waals surface area contributed by atoms with Crippen molar-refractivity contribution in [2.45, 2.75) is 6.54 Å². The van der Waals surface area contributed by atoms with Crippen LogP contribution < -0.4 is 0 Å². The molecular weight excluding hydrogens is 284 g/mol. The normalized spacial score (nSPS) is 11.1. The fourth-order valence-electron chi connectivity index (χ4n) is 2.18. The van der Waals surface area contributed by atoms with Gasteiger partial charge in [0.25, 0.3) is 0 Å². The van der Waals surface area contributed by atoms with Gasteiger partial charge in [-0.05, 0) is 24.3 Å². The Hall–Kier alpha value is -1.51. The number of aromatic nitrogens is 1. The number of nitrogens with zero attached hydrogens (tertiary/aromatic N) is 1. The Kier molecular flexibility index (Phi) is 3.21. The molecule has 0 radical (unpaired) electrons. The van der Waals surface area contributed by atoms with Gasteiger partial charge in [0.2, 0.25) is 0 Å². The van der Waals surface area contributed by atoms with Crippen molar-refractivity contribution >= 4 is 34.1 Å². The van der Waals surface area contributed by atoms with E-state index in [0.717, 1.165) is 10.9 Å². The van der Waals surface area contributed by atoms with Gasteiger partial charge in [-0.15, -0.1) is 0 Å². The van der Waals surface area contributed by atoms with Crippen LogP contribution in [-0.2, 0) is 6.54 Å². The van der Waals surface area contributed by atoms with Crippen LogP contribution in [0.4, 0.5) is 4.39 Å². The Morgan fingerprint density at radius 1 is 1.05 bits per heavy atom. The fourth-order valence-corrected chi connectivity index (χ4v) is 2.63. The molecule has 0 amide bonds. The minimum absolute atomic E-state index is 0.304. The third-order valence-electron chi connectivity index (χ3n) is 3.10. The van der Waals surface area contributed by atoms with E-state index in [2.05, 4.69) is 0 Å². The summed E-state index contributed by atoms with van der Waals surface area (Å²) in [7, 11) is 0. The molecule has 3 aromatic rings. The van der Waals surface area contributed by atoms with E-state index in [-0.39, 0.29) is 5.82 Å². The van der Waals surface area contributed by atoms with Crippen LogP contribution in [0.1, 0.15) is 5.56 Å². The van der Waals surface area contributed by atoms with E-state index in [9.17, 15) is 4.39 Å². The quantitative estimate of drug-likeness (QED) is 0.617. The topological polar surface area (TPSA) is 4.93 Å². The maximum absolute atomic E-state index is 13.8. The zero-order valence-corrected chi connectivity index (χ0v) is 11.4. The van der Waals surface area contributed by atoms with E-state index in [1.807, 2.05) is 35.0 Å². The number of hydrogen-bond acceptors (Lipinski definition) is 0. The second kappa shape index (κ2) is 4.87. The van der Waals surface area contributed by atoms with Crippen molar-refractivity contribution in [1.82, 2.24) is 4.57 Å². The van der Waals surface area contributed by atoms with E-state index in [4.69, 9.17) is 23.2 Å². The zero-order valence-electron chi connectivity index (χ0n) is 9.91. The number of fused-ring (bicyclic) bond motifs is 1. The molecule has 0 saturated carbocycles. The molecule has 1 nitrogen and oxygen atoms in total. The van der Waals surface area contributed by atoms with Crippen molar-refractivity contribution in [1.29, 1.82) is 0 Å². The van der Waals surface area contributed by atoms with E-state index < -0.39 is 0 Å². The van der Waals surface area contributed by atoms with Gasteiger partial charge in [-0.25, -0.2) is 4.39 Å². The van der Waals surface area contributed by atoms with Crippen LogP contribution in [0.25, 0.3) is 10.9 Å². The summed E-state index contributed by atoms with van der Waals surface area (Å²) in [6.07, 6.45) is 1.91. The second-order valence-corrected chi connectivity index (χ2v) is 5.20. The molecule has 0 bridgehead atoms. The van der Waals surface area contributed by atoms with E-state index in [1.165, 1.54) is 6.07 Å². The van der Waals surface area contributed by atoms with Gasteiger partial charge in [0, 0.05) is 22.2 Å². The summed E-state index contributed by atoms with van der Waals surface area (Å²) in [5.74, 6) is -0.304. The lowest BCUT2D eigenvalue weighted by molar-refractivity contribution is 0.602. The summed E-state index contributed by atoms with van der Waals surface area (Å²) in [6, 6.07) is 12.4. The van der Waals surface area contributed by atoms with Gasteiger partial charge >= 0.3 is 0 Å². The predicted molar refractivity (Wildman–Crippen MR) is 77.5 cm³/mol. The molecule has 2 aromatic carbocycles. The van der Waals surface area contributed by atoms with Gasteiger partial charge in [-0.1, -0.05) is 41.4 Å². The molecule has 1 heterocycles. The average Bonchev–Trinajstić information content (AvgIpc) is 2.77.